The third-order valence-corrected chi connectivity index (χ3v) is 2.85. The Morgan fingerprint density at radius 3 is 2.44 bits per heavy atom. The molecule has 2 amide bonds. The molecule has 0 bridgehead atoms. The molecule has 9 nitrogen and oxygen atoms in total. The number of benzene rings is 1. The summed E-state index contributed by atoms with van der Waals surface area (Å²) < 4.78 is 11.5. The number of aromatic nitrogens is 3. The molecule has 0 aliphatic rings. The van der Waals surface area contributed by atoms with E-state index in [2.05, 4.69) is 20.9 Å². The summed E-state index contributed by atoms with van der Waals surface area (Å²) in [6.07, 6.45) is 0.805. The molecule has 0 radical (unpaired) electrons. The molecular weight excluding hydrogens is 326 g/mol. The van der Waals surface area contributed by atoms with Crippen LogP contribution < -0.4 is 15.4 Å². The molecule has 2 N–H and O–H groups in total. The summed E-state index contributed by atoms with van der Waals surface area (Å²) in [4.78, 5) is 23.7. The standard InChI is InChI=1S/C16H21N5O4/c1-16(2,3)25-15(23)18-13-9-21(20-19-13)10-14(22)17-11-5-7-12(24-4)8-6-11/h5-9H,10H2,1-4H3,(H,17,22)(H,18,23). The number of nitrogens with zero attached hydrogens (tertiary/aromatic N) is 3. The first-order chi connectivity index (χ1) is 11.7. The van der Waals surface area contributed by atoms with Crippen molar-refractivity contribution < 1.29 is 19.1 Å². The van der Waals surface area contributed by atoms with Crippen molar-refractivity contribution in [2.45, 2.75) is 32.9 Å². The van der Waals surface area contributed by atoms with Crippen LogP contribution in [0.15, 0.2) is 30.5 Å². The van der Waals surface area contributed by atoms with E-state index >= 15 is 0 Å². The van der Waals surface area contributed by atoms with Gasteiger partial charge in [-0.15, -0.1) is 5.10 Å². The van der Waals surface area contributed by atoms with Gasteiger partial charge < -0.3 is 14.8 Å². The van der Waals surface area contributed by atoms with E-state index in [1.807, 2.05) is 0 Å². The molecular formula is C16H21N5O4. The van der Waals surface area contributed by atoms with Crippen molar-refractivity contribution >= 4 is 23.5 Å². The van der Waals surface area contributed by atoms with E-state index in [9.17, 15) is 9.59 Å². The van der Waals surface area contributed by atoms with Gasteiger partial charge in [0.05, 0.1) is 13.3 Å². The van der Waals surface area contributed by atoms with Crippen molar-refractivity contribution in [1.29, 1.82) is 0 Å². The highest BCUT2D eigenvalue weighted by Gasteiger charge is 2.17. The molecule has 1 heterocycles. The maximum Gasteiger partial charge on any atom is 0.413 e. The second kappa shape index (κ2) is 7.65. The monoisotopic (exact) mass is 347 g/mol. The Labute approximate surface area is 145 Å². The van der Waals surface area contributed by atoms with Gasteiger partial charge >= 0.3 is 6.09 Å². The summed E-state index contributed by atoms with van der Waals surface area (Å²) in [6.45, 7) is 5.22. The Kier molecular flexibility index (Phi) is 5.58. The Morgan fingerprint density at radius 2 is 1.84 bits per heavy atom. The maximum atomic E-state index is 12.0. The summed E-state index contributed by atoms with van der Waals surface area (Å²) >= 11 is 0. The van der Waals surface area contributed by atoms with Crippen LogP contribution >= 0.6 is 0 Å². The molecule has 1 aromatic carbocycles. The van der Waals surface area contributed by atoms with Gasteiger partial charge in [-0.05, 0) is 45.0 Å². The van der Waals surface area contributed by atoms with Gasteiger partial charge in [-0.3, -0.25) is 10.1 Å². The lowest BCUT2D eigenvalue weighted by molar-refractivity contribution is -0.116. The topological polar surface area (TPSA) is 107 Å². The zero-order valence-electron chi connectivity index (χ0n) is 14.6. The van der Waals surface area contributed by atoms with Crippen molar-refractivity contribution in [3.63, 3.8) is 0 Å². The van der Waals surface area contributed by atoms with Gasteiger partial charge in [0.25, 0.3) is 0 Å². The van der Waals surface area contributed by atoms with Crippen molar-refractivity contribution in [3.05, 3.63) is 30.5 Å². The number of carbonyl (C=O) groups excluding carboxylic acids is 2. The molecule has 0 atom stereocenters. The Morgan fingerprint density at radius 1 is 1.16 bits per heavy atom. The van der Waals surface area contributed by atoms with Crippen LogP contribution in [0.25, 0.3) is 0 Å². The van der Waals surface area contributed by atoms with Crippen LogP contribution in [0.4, 0.5) is 16.3 Å². The number of methoxy groups -OCH3 is 1. The van der Waals surface area contributed by atoms with Gasteiger partial charge in [-0.2, -0.15) is 0 Å². The number of amides is 2. The number of nitrogens with one attached hydrogen (secondary N) is 2. The molecule has 0 aliphatic carbocycles. The van der Waals surface area contributed by atoms with Crippen molar-refractivity contribution in [1.82, 2.24) is 15.0 Å². The zero-order valence-corrected chi connectivity index (χ0v) is 14.6. The van der Waals surface area contributed by atoms with Gasteiger partial charge in [-0.1, -0.05) is 5.21 Å². The quantitative estimate of drug-likeness (QED) is 0.859. The fourth-order valence-corrected chi connectivity index (χ4v) is 1.86. The number of ether oxygens (including phenoxy) is 2. The molecule has 2 aromatic rings. The summed E-state index contributed by atoms with van der Waals surface area (Å²) in [6, 6.07) is 6.95. The minimum atomic E-state index is -0.637. The summed E-state index contributed by atoms with van der Waals surface area (Å²) in [7, 11) is 1.57. The van der Waals surface area contributed by atoms with Crippen LogP contribution in [-0.2, 0) is 16.1 Å². The largest absolute Gasteiger partial charge is 0.497 e. The van der Waals surface area contributed by atoms with E-state index in [4.69, 9.17) is 9.47 Å². The van der Waals surface area contributed by atoms with Crippen LogP contribution in [0, 0.1) is 0 Å². The minimum Gasteiger partial charge on any atom is -0.497 e. The number of carbonyl (C=O) groups is 2. The van der Waals surface area contributed by atoms with Crippen LogP contribution in [0.5, 0.6) is 5.75 Å². The predicted octanol–water partition coefficient (Wildman–Crippen LogP) is 2.27. The lowest BCUT2D eigenvalue weighted by Gasteiger charge is -2.18. The third kappa shape index (κ3) is 6.13. The SMILES string of the molecule is COc1ccc(NC(=O)Cn2cc(NC(=O)OC(C)(C)C)nn2)cc1. The first-order valence-corrected chi connectivity index (χ1v) is 7.59. The number of rotatable bonds is 5. The predicted molar refractivity (Wildman–Crippen MR) is 91.5 cm³/mol. The molecule has 9 heteroatoms. The number of hydrogen-bond donors (Lipinski definition) is 2. The zero-order chi connectivity index (χ0) is 18.4. The number of anilines is 2. The Balaban J connectivity index is 1.87. The van der Waals surface area contributed by atoms with E-state index in [-0.39, 0.29) is 18.3 Å². The molecule has 25 heavy (non-hydrogen) atoms. The lowest BCUT2D eigenvalue weighted by Crippen LogP contribution is -2.27. The minimum absolute atomic E-state index is 0.0466. The second-order valence-electron chi connectivity index (χ2n) is 6.20. The van der Waals surface area contributed by atoms with Crippen LogP contribution in [0.1, 0.15) is 20.8 Å². The van der Waals surface area contributed by atoms with Gasteiger partial charge in [0.15, 0.2) is 5.82 Å². The average Bonchev–Trinajstić information content (AvgIpc) is 2.92. The van der Waals surface area contributed by atoms with E-state index in [1.165, 1.54) is 10.9 Å². The second-order valence-corrected chi connectivity index (χ2v) is 6.20. The van der Waals surface area contributed by atoms with E-state index < -0.39 is 11.7 Å². The van der Waals surface area contributed by atoms with Crippen molar-refractivity contribution in [3.8, 4) is 5.75 Å². The molecule has 0 saturated carbocycles. The van der Waals surface area contributed by atoms with Crippen molar-refractivity contribution in [2.75, 3.05) is 17.7 Å². The van der Waals surface area contributed by atoms with Crippen LogP contribution in [-0.4, -0.2) is 39.7 Å². The van der Waals surface area contributed by atoms with E-state index in [1.54, 1.807) is 52.1 Å². The molecule has 0 spiro atoms. The highest BCUT2D eigenvalue weighted by molar-refractivity contribution is 5.90. The van der Waals surface area contributed by atoms with Gasteiger partial charge in [0.2, 0.25) is 5.91 Å². The first kappa shape index (κ1) is 18.2. The lowest BCUT2D eigenvalue weighted by atomic mass is 10.2. The van der Waals surface area contributed by atoms with Crippen LogP contribution in [0.3, 0.4) is 0 Å². The molecule has 0 saturated heterocycles. The molecule has 0 fully saturated rings. The third-order valence-electron chi connectivity index (χ3n) is 2.85. The fourth-order valence-electron chi connectivity index (χ4n) is 1.86. The molecule has 0 aliphatic heterocycles. The summed E-state index contributed by atoms with van der Waals surface area (Å²) in [5.74, 6) is 0.623. The molecule has 2 rings (SSSR count). The number of hydrogen-bond acceptors (Lipinski definition) is 6. The summed E-state index contributed by atoms with van der Waals surface area (Å²) in [5, 5.41) is 12.7. The van der Waals surface area contributed by atoms with Gasteiger partial charge in [-0.25, -0.2) is 9.48 Å². The average molecular weight is 347 g/mol. The highest BCUT2D eigenvalue weighted by Crippen LogP contribution is 2.15. The highest BCUT2D eigenvalue weighted by atomic mass is 16.6. The smallest absolute Gasteiger partial charge is 0.413 e. The fraction of sp³-hybridized carbons (Fsp3) is 0.375. The summed E-state index contributed by atoms with van der Waals surface area (Å²) in [5.41, 5.74) is 0.0243. The first-order valence-electron chi connectivity index (χ1n) is 7.59. The molecule has 134 valence electrons. The molecule has 1 aromatic heterocycles. The van der Waals surface area contributed by atoms with Gasteiger partial charge in [0, 0.05) is 5.69 Å². The Bertz CT molecular complexity index is 734. The Hall–Kier alpha value is -3.10. The van der Waals surface area contributed by atoms with Crippen LogP contribution in [0.2, 0.25) is 0 Å². The molecule has 0 unspecified atom stereocenters. The normalized spacial score (nSPS) is 10.9. The van der Waals surface area contributed by atoms with Gasteiger partial charge in [0.1, 0.15) is 17.9 Å². The van der Waals surface area contributed by atoms with E-state index in [0.717, 1.165) is 0 Å². The maximum absolute atomic E-state index is 12.0. The van der Waals surface area contributed by atoms with E-state index in [0.29, 0.717) is 11.4 Å². The van der Waals surface area contributed by atoms with Crippen molar-refractivity contribution in [2.24, 2.45) is 0 Å².